The van der Waals surface area contributed by atoms with Crippen molar-refractivity contribution in [2.24, 2.45) is 4.99 Å². The van der Waals surface area contributed by atoms with Crippen LogP contribution in [0.1, 0.15) is 12.0 Å². The van der Waals surface area contributed by atoms with Gasteiger partial charge >= 0.3 is 0 Å². The van der Waals surface area contributed by atoms with Crippen molar-refractivity contribution in [3.63, 3.8) is 0 Å². The zero-order valence-corrected chi connectivity index (χ0v) is 18.2. The lowest BCUT2D eigenvalue weighted by molar-refractivity contribution is 0.172. The number of methoxy groups -OCH3 is 1. The zero-order chi connectivity index (χ0) is 22.6. The number of hydrogen-bond acceptors (Lipinski definition) is 5. The molecule has 0 amide bonds. The summed E-state index contributed by atoms with van der Waals surface area (Å²) in [6.45, 7) is 1.77. The second-order valence-corrected chi connectivity index (χ2v) is 6.83. The van der Waals surface area contributed by atoms with Crippen molar-refractivity contribution in [2.75, 3.05) is 32.7 Å². The summed E-state index contributed by atoms with van der Waals surface area (Å²) in [4.78, 5) is 8.47. The Hall–Kier alpha value is -3.65. The first-order chi connectivity index (χ1) is 15.7. The SMILES string of the molecule is CN=C(NCc1ccnc(Oc2ccc(F)cc2)c1)Nc1cccc(OCCCOC)c1. The molecule has 168 valence electrons. The van der Waals surface area contributed by atoms with E-state index in [9.17, 15) is 4.39 Å². The third-order valence-corrected chi connectivity index (χ3v) is 4.38. The number of aromatic nitrogens is 1. The lowest BCUT2D eigenvalue weighted by Crippen LogP contribution is -2.30. The quantitative estimate of drug-likeness (QED) is 0.273. The smallest absolute Gasteiger partial charge is 0.219 e. The Kier molecular flexibility index (Phi) is 8.82. The monoisotopic (exact) mass is 438 g/mol. The van der Waals surface area contributed by atoms with Crippen molar-refractivity contribution in [1.29, 1.82) is 0 Å². The molecule has 0 aliphatic carbocycles. The van der Waals surface area contributed by atoms with E-state index in [2.05, 4.69) is 20.6 Å². The Balaban J connectivity index is 1.54. The summed E-state index contributed by atoms with van der Waals surface area (Å²) < 4.78 is 29.5. The summed E-state index contributed by atoms with van der Waals surface area (Å²) in [6, 6.07) is 17.2. The molecule has 8 heteroatoms. The zero-order valence-electron chi connectivity index (χ0n) is 18.2. The molecule has 1 heterocycles. The fourth-order valence-electron chi connectivity index (χ4n) is 2.80. The minimum absolute atomic E-state index is 0.315. The van der Waals surface area contributed by atoms with Gasteiger partial charge in [0.25, 0.3) is 0 Å². The van der Waals surface area contributed by atoms with Crippen LogP contribution in [0.3, 0.4) is 0 Å². The van der Waals surface area contributed by atoms with Gasteiger partial charge in [-0.25, -0.2) is 9.37 Å². The molecule has 0 saturated carbocycles. The van der Waals surface area contributed by atoms with E-state index in [0.717, 1.165) is 23.4 Å². The van der Waals surface area contributed by atoms with E-state index in [-0.39, 0.29) is 5.82 Å². The van der Waals surface area contributed by atoms with Crippen LogP contribution in [-0.2, 0) is 11.3 Å². The lowest BCUT2D eigenvalue weighted by atomic mass is 10.2. The van der Waals surface area contributed by atoms with E-state index in [1.807, 2.05) is 36.4 Å². The van der Waals surface area contributed by atoms with Gasteiger partial charge in [0.05, 0.1) is 6.61 Å². The number of pyridine rings is 1. The van der Waals surface area contributed by atoms with Crippen LogP contribution < -0.4 is 20.1 Å². The van der Waals surface area contributed by atoms with Gasteiger partial charge in [0, 0.05) is 57.7 Å². The summed E-state index contributed by atoms with van der Waals surface area (Å²) in [5, 5.41) is 6.51. The average Bonchev–Trinajstić information content (AvgIpc) is 2.81. The van der Waals surface area contributed by atoms with Crippen LogP contribution in [0.25, 0.3) is 0 Å². The van der Waals surface area contributed by atoms with Crippen molar-refractivity contribution in [3.8, 4) is 17.4 Å². The van der Waals surface area contributed by atoms with Crippen LogP contribution in [0.5, 0.6) is 17.4 Å². The number of nitrogens with zero attached hydrogens (tertiary/aromatic N) is 2. The Morgan fingerprint density at radius 1 is 1.03 bits per heavy atom. The van der Waals surface area contributed by atoms with E-state index in [0.29, 0.717) is 37.3 Å². The molecule has 0 radical (unpaired) electrons. The van der Waals surface area contributed by atoms with Gasteiger partial charge in [-0.1, -0.05) is 6.07 Å². The number of ether oxygens (including phenoxy) is 3. The van der Waals surface area contributed by atoms with Gasteiger partial charge in [0.15, 0.2) is 5.96 Å². The number of nitrogens with one attached hydrogen (secondary N) is 2. The average molecular weight is 439 g/mol. The van der Waals surface area contributed by atoms with Crippen LogP contribution >= 0.6 is 0 Å². The molecule has 0 spiro atoms. The minimum Gasteiger partial charge on any atom is -0.493 e. The number of benzene rings is 2. The highest BCUT2D eigenvalue weighted by atomic mass is 19.1. The summed E-state index contributed by atoms with van der Waals surface area (Å²) in [6.07, 6.45) is 2.49. The molecule has 7 nitrogen and oxygen atoms in total. The van der Waals surface area contributed by atoms with E-state index >= 15 is 0 Å². The predicted octanol–water partition coefficient (Wildman–Crippen LogP) is 4.62. The van der Waals surface area contributed by atoms with Gasteiger partial charge in [-0.15, -0.1) is 0 Å². The summed E-state index contributed by atoms with van der Waals surface area (Å²) in [5.41, 5.74) is 1.81. The van der Waals surface area contributed by atoms with Gasteiger partial charge in [0.1, 0.15) is 17.3 Å². The van der Waals surface area contributed by atoms with Crippen LogP contribution in [0.15, 0.2) is 71.9 Å². The molecule has 2 aromatic carbocycles. The first kappa shape index (κ1) is 23.0. The largest absolute Gasteiger partial charge is 0.493 e. The van der Waals surface area contributed by atoms with Gasteiger partial charge in [-0.2, -0.15) is 0 Å². The number of hydrogen-bond donors (Lipinski definition) is 2. The molecule has 3 rings (SSSR count). The maximum Gasteiger partial charge on any atom is 0.219 e. The van der Waals surface area contributed by atoms with Crippen LogP contribution in [0.2, 0.25) is 0 Å². The topological polar surface area (TPSA) is 77.0 Å². The molecule has 1 aromatic heterocycles. The Morgan fingerprint density at radius 3 is 2.66 bits per heavy atom. The van der Waals surface area contributed by atoms with Crippen molar-refractivity contribution >= 4 is 11.6 Å². The summed E-state index contributed by atoms with van der Waals surface area (Å²) in [5.74, 6) is 2.02. The van der Waals surface area contributed by atoms with Crippen LogP contribution in [0, 0.1) is 5.82 Å². The van der Waals surface area contributed by atoms with Crippen LogP contribution in [0.4, 0.5) is 10.1 Å². The molecule has 32 heavy (non-hydrogen) atoms. The molecular weight excluding hydrogens is 411 g/mol. The van der Waals surface area contributed by atoms with Crippen molar-refractivity contribution in [1.82, 2.24) is 10.3 Å². The first-order valence-electron chi connectivity index (χ1n) is 10.2. The molecule has 2 N–H and O–H groups in total. The Bertz CT molecular complexity index is 1010. The number of halogens is 1. The second-order valence-electron chi connectivity index (χ2n) is 6.83. The highest BCUT2D eigenvalue weighted by Gasteiger charge is 2.05. The summed E-state index contributed by atoms with van der Waals surface area (Å²) >= 11 is 0. The third-order valence-electron chi connectivity index (χ3n) is 4.38. The normalized spacial score (nSPS) is 11.2. The standard InChI is InChI=1S/C24H27FN4O3/c1-26-24(29-20-5-3-6-22(16-20)31-14-4-13-30-2)28-17-18-11-12-27-23(15-18)32-21-9-7-19(25)8-10-21/h3,5-12,15-16H,4,13-14,17H2,1-2H3,(H2,26,28,29). The third kappa shape index (κ3) is 7.55. The molecule has 0 atom stereocenters. The van der Waals surface area contributed by atoms with Gasteiger partial charge in [-0.05, 0) is 48.0 Å². The van der Waals surface area contributed by atoms with E-state index in [4.69, 9.17) is 14.2 Å². The van der Waals surface area contributed by atoms with Gasteiger partial charge in [0.2, 0.25) is 5.88 Å². The summed E-state index contributed by atoms with van der Waals surface area (Å²) in [7, 11) is 3.38. The first-order valence-corrected chi connectivity index (χ1v) is 10.2. The maximum atomic E-state index is 13.1. The lowest BCUT2D eigenvalue weighted by Gasteiger charge is -2.13. The molecule has 0 saturated heterocycles. The number of anilines is 1. The molecule has 0 aliphatic heterocycles. The Labute approximate surface area is 187 Å². The minimum atomic E-state index is -0.315. The highest BCUT2D eigenvalue weighted by molar-refractivity contribution is 5.93. The maximum absolute atomic E-state index is 13.1. The number of rotatable bonds is 10. The van der Waals surface area contributed by atoms with Crippen molar-refractivity contribution in [3.05, 3.63) is 78.2 Å². The number of guanidine groups is 1. The van der Waals surface area contributed by atoms with Crippen LogP contribution in [-0.4, -0.2) is 38.3 Å². The van der Waals surface area contributed by atoms with E-state index in [1.54, 1.807) is 32.5 Å². The number of aliphatic imine (C=N–C) groups is 1. The molecule has 0 bridgehead atoms. The molecule has 0 aliphatic rings. The molecule has 0 fully saturated rings. The predicted molar refractivity (Wildman–Crippen MR) is 123 cm³/mol. The fraction of sp³-hybridized carbons (Fsp3) is 0.250. The molecule has 0 unspecified atom stereocenters. The molecule has 3 aromatic rings. The Morgan fingerprint density at radius 2 is 1.88 bits per heavy atom. The van der Waals surface area contributed by atoms with Crippen molar-refractivity contribution in [2.45, 2.75) is 13.0 Å². The second kappa shape index (κ2) is 12.3. The van der Waals surface area contributed by atoms with Gasteiger partial charge < -0.3 is 24.8 Å². The molecular formula is C24H27FN4O3. The fourth-order valence-corrected chi connectivity index (χ4v) is 2.80. The van der Waals surface area contributed by atoms with E-state index < -0.39 is 0 Å². The van der Waals surface area contributed by atoms with Gasteiger partial charge in [-0.3, -0.25) is 4.99 Å². The van der Waals surface area contributed by atoms with E-state index in [1.165, 1.54) is 12.1 Å². The van der Waals surface area contributed by atoms with Crippen molar-refractivity contribution < 1.29 is 18.6 Å². The highest BCUT2D eigenvalue weighted by Crippen LogP contribution is 2.20.